The van der Waals surface area contributed by atoms with Gasteiger partial charge in [-0.15, -0.1) is 0 Å². The number of anilines is 1. The molecule has 0 heterocycles. The predicted molar refractivity (Wildman–Crippen MR) is 69.1 cm³/mol. The lowest BCUT2D eigenvalue weighted by Crippen LogP contribution is -2.27. The molecule has 0 aliphatic rings. The molecular formula is C12H17ClN2O2. The molecule has 0 aromatic heterocycles. The van der Waals surface area contributed by atoms with Crippen LogP contribution in [0.25, 0.3) is 0 Å². The Hall–Kier alpha value is -1.26. The van der Waals surface area contributed by atoms with Crippen LogP contribution in [0.1, 0.15) is 30.1 Å². The molecule has 0 aliphatic carbocycles. The first-order valence-corrected chi connectivity index (χ1v) is 5.93. The van der Waals surface area contributed by atoms with Crippen LogP contribution in [0.3, 0.4) is 0 Å². The second-order valence-electron chi connectivity index (χ2n) is 3.84. The summed E-state index contributed by atoms with van der Waals surface area (Å²) in [5.74, 6) is -0.248. The number of amides is 1. The summed E-state index contributed by atoms with van der Waals surface area (Å²) in [6.45, 7) is 2.32. The maximum Gasteiger partial charge on any atom is 0.253 e. The lowest BCUT2D eigenvalue weighted by Gasteiger charge is -2.10. The summed E-state index contributed by atoms with van der Waals surface area (Å²) in [5.41, 5.74) is 6.44. The van der Waals surface area contributed by atoms with Gasteiger partial charge in [-0.1, -0.05) is 18.5 Å². The molecule has 4 nitrogen and oxygen atoms in total. The minimum Gasteiger partial charge on any atom is -0.398 e. The summed E-state index contributed by atoms with van der Waals surface area (Å²) >= 11 is 5.74. The highest BCUT2D eigenvalue weighted by Crippen LogP contribution is 2.17. The average Bonchev–Trinajstić information content (AvgIpc) is 2.28. The number of rotatable bonds is 5. The molecule has 1 unspecified atom stereocenters. The van der Waals surface area contributed by atoms with Crippen LogP contribution in [-0.2, 0) is 0 Å². The molecule has 5 heteroatoms. The van der Waals surface area contributed by atoms with Crippen molar-refractivity contribution in [2.24, 2.45) is 0 Å². The van der Waals surface area contributed by atoms with Crippen molar-refractivity contribution in [1.82, 2.24) is 5.32 Å². The van der Waals surface area contributed by atoms with E-state index in [0.717, 1.165) is 0 Å². The summed E-state index contributed by atoms with van der Waals surface area (Å²) in [4.78, 5) is 11.7. The zero-order valence-electron chi connectivity index (χ0n) is 9.74. The van der Waals surface area contributed by atoms with E-state index in [1.165, 1.54) is 6.07 Å². The van der Waals surface area contributed by atoms with E-state index in [1.807, 2.05) is 6.92 Å². The molecule has 0 fully saturated rings. The van der Waals surface area contributed by atoms with Gasteiger partial charge in [0.1, 0.15) is 0 Å². The van der Waals surface area contributed by atoms with Crippen molar-refractivity contribution < 1.29 is 9.90 Å². The Morgan fingerprint density at radius 3 is 2.88 bits per heavy atom. The zero-order chi connectivity index (χ0) is 12.8. The number of benzene rings is 1. The first kappa shape index (κ1) is 13.8. The molecule has 1 aromatic carbocycles. The molecule has 0 aliphatic heterocycles. The van der Waals surface area contributed by atoms with Crippen molar-refractivity contribution >= 4 is 23.2 Å². The van der Waals surface area contributed by atoms with E-state index in [1.54, 1.807) is 12.1 Å². The van der Waals surface area contributed by atoms with Gasteiger partial charge in [0, 0.05) is 17.3 Å². The summed E-state index contributed by atoms with van der Waals surface area (Å²) in [6, 6.07) is 4.74. The smallest absolute Gasteiger partial charge is 0.253 e. The topological polar surface area (TPSA) is 75.3 Å². The number of hydrogen-bond donors (Lipinski definition) is 3. The summed E-state index contributed by atoms with van der Waals surface area (Å²) in [6.07, 6.45) is 0.840. The number of nitrogen functional groups attached to an aromatic ring is 1. The van der Waals surface area contributed by atoms with Gasteiger partial charge in [0.15, 0.2) is 0 Å². The number of carbonyl (C=O) groups excluding carboxylic acids is 1. The largest absolute Gasteiger partial charge is 0.398 e. The van der Waals surface area contributed by atoms with Crippen LogP contribution in [0.2, 0.25) is 5.02 Å². The lowest BCUT2D eigenvalue weighted by atomic mass is 10.1. The third kappa shape index (κ3) is 4.24. The van der Waals surface area contributed by atoms with Crippen molar-refractivity contribution in [2.45, 2.75) is 25.9 Å². The van der Waals surface area contributed by atoms with E-state index >= 15 is 0 Å². The molecule has 0 radical (unpaired) electrons. The minimum absolute atomic E-state index is 0.248. The van der Waals surface area contributed by atoms with Crippen LogP contribution in [0, 0.1) is 0 Å². The van der Waals surface area contributed by atoms with Crippen LogP contribution in [0.4, 0.5) is 5.69 Å². The van der Waals surface area contributed by atoms with Gasteiger partial charge in [-0.25, -0.2) is 0 Å². The third-order valence-electron chi connectivity index (χ3n) is 2.49. The van der Waals surface area contributed by atoms with Crippen LogP contribution >= 0.6 is 11.6 Å². The first-order chi connectivity index (χ1) is 8.04. The van der Waals surface area contributed by atoms with Gasteiger partial charge in [0.2, 0.25) is 0 Å². The molecule has 0 saturated heterocycles. The van der Waals surface area contributed by atoms with Gasteiger partial charge in [-0.05, 0) is 31.0 Å². The molecule has 0 spiro atoms. The maximum absolute atomic E-state index is 11.7. The Balaban J connectivity index is 2.52. The number of nitrogens with two attached hydrogens (primary N) is 1. The number of carbonyl (C=O) groups is 1. The van der Waals surface area contributed by atoms with Crippen molar-refractivity contribution in [3.05, 3.63) is 28.8 Å². The van der Waals surface area contributed by atoms with Gasteiger partial charge in [0.25, 0.3) is 5.91 Å². The van der Waals surface area contributed by atoms with Crippen molar-refractivity contribution in [2.75, 3.05) is 12.3 Å². The Labute approximate surface area is 106 Å². The van der Waals surface area contributed by atoms with Gasteiger partial charge >= 0.3 is 0 Å². The fourth-order valence-corrected chi connectivity index (χ4v) is 1.57. The molecule has 1 aromatic rings. The molecule has 94 valence electrons. The minimum atomic E-state index is -0.377. The van der Waals surface area contributed by atoms with Crippen molar-refractivity contribution in [1.29, 1.82) is 0 Å². The molecule has 4 N–H and O–H groups in total. The van der Waals surface area contributed by atoms with E-state index in [0.29, 0.717) is 35.7 Å². The van der Waals surface area contributed by atoms with Gasteiger partial charge in [-0.3, -0.25) is 4.79 Å². The summed E-state index contributed by atoms with van der Waals surface area (Å²) in [5, 5.41) is 12.5. The number of hydrogen-bond acceptors (Lipinski definition) is 3. The highest BCUT2D eigenvalue weighted by Gasteiger charge is 2.10. The third-order valence-corrected chi connectivity index (χ3v) is 2.73. The van der Waals surface area contributed by atoms with Crippen LogP contribution in [0.5, 0.6) is 0 Å². The zero-order valence-corrected chi connectivity index (χ0v) is 10.5. The molecule has 1 atom stereocenters. The Morgan fingerprint density at radius 1 is 1.59 bits per heavy atom. The average molecular weight is 257 g/mol. The van der Waals surface area contributed by atoms with Crippen LogP contribution in [-0.4, -0.2) is 23.7 Å². The first-order valence-electron chi connectivity index (χ1n) is 5.56. The molecular weight excluding hydrogens is 240 g/mol. The van der Waals surface area contributed by atoms with Crippen molar-refractivity contribution in [3.8, 4) is 0 Å². The number of aliphatic hydroxyl groups is 1. The molecule has 0 saturated carbocycles. The normalized spacial score (nSPS) is 12.2. The van der Waals surface area contributed by atoms with Gasteiger partial charge in [0.05, 0.1) is 11.7 Å². The van der Waals surface area contributed by atoms with E-state index in [2.05, 4.69) is 5.32 Å². The second-order valence-corrected chi connectivity index (χ2v) is 4.27. The fourth-order valence-electron chi connectivity index (χ4n) is 1.39. The Kier molecular flexibility index (Phi) is 5.25. The predicted octanol–water partition coefficient (Wildman–Crippen LogP) is 1.81. The van der Waals surface area contributed by atoms with E-state index in [-0.39, 0.29) is 12.0 Å². The molecule has 0 bridgehead atoms. The lowest BCUT2D eigenvalue weighted by molar-refractivity contribution is 0.0943. The maximum atomic E-state index is 11.7. The fraction of sp³-hybridized carbons (Fsp3) is 0.417. The second kappa shape index (κ2) is 6.47. The van der Waals surface area contributed by atoms with E-state index < -0.39 is 0 Å². The SMILES string of the molecule is CCC(O)CCNC(=O)c1ccc(Cl)cc1N. The van der Waals surface area contributed by atoms with Crippen molar-refractivity contribution in [3.63, 3.8) is 0 Å². The molecule has 1 rings (SSSR count). The molecule has 1 amide bonds. The summed E-state index contributed by atoms with van der Waals surface area (Å²) < 4.78 is 0. The Bertz CT molecular complexity index is 396. The van der Waals surface area contributed by atoms with Crippen LogP contribution in [0.15, 0.2) is 18.2 Å². The van der Waals surface area contributed by atoms with E-state index in [4.69, 9.17) is 17.3 Å². The van der Waals surface area contributed by atoms with Crippen LogP contribution < -0.4 is 11.1 Å². The standard InChI is InChI=1S/C12H17ClN2O2/c1-2-9(16)5-6-15-12(17)10-4-3-8(13)7-11(10)14/h3-4,7,9,16H,2,5-6,14H2,1H3,(H,15,17). The number of nitrogens with one attached hydrogen (secondary N) is 1. The monoisotopic (exact) mass is 256 g/mol. The van der Waals surface area contributed by atoms with Gasteiger partial charge < -0.3 is 16.2 Å². The Morgan fingerprint density at radius 2 is 2.29 bits per heavy atom. The summed E-state index contributed by atoms with van der Waals surface area (Å²) in [7, 11) is 0. The number of halogens is 1. The number of aliphatic hydroxyl groups excluding tert-OH is 1. The highest BCUT2D eigenvalue weighted by molar-refractivity contribution is 6.31. The quantitative estimate of drug-likeness (QED) is 0.704. The van der Waals surface area contributed by atoms with E-state index in [9.17, 15) is 9.90 Å². The van der Waals surface area contributed by atoms with Gasteiger partial charge in [-0.2, -0.15) is 0 Å². The highest BCUT2D eigenvalue weighted by atomic mass is 35.5. The molecule has 17 heavy (non-hydrogen) atoms.